The first-order chi connectivity index (χ1) is 12.1. The molecule has 3 aromatic rings. The first-order valence-corrected chi connectivity index (χ1v) is 8.82. The molecule has 4 nitrogen and oxygen atoms in total. The fraction of sp³-hybridized carbons (Fsp3) is 0.150. The largest absolute Gasteiger partial charge is 0.342 e. The van der Waals surface area contributed by atoms with Crippen LogP contribution in [0.25, 0.3) is 16.3 Å². The number of para-hydroxylation sites is 1. The maximum absolute atomic E-state index is 12.2. The molecule has 0 spiro atoms. The Morgan fingerprint density at radius 2 is 1.84 bits per heavy atom. The highest BCUT2D eigenvalue weighted by atomic mass is 32.1. The number of nitrogens with zero attached hydrogens (tertiary/aromatic N) is 1. The second kappa shape index (κ2) is 7.85. The molecule has 0 aliphatic heterocycles. The van der Waals surface area contributed by atoms with E-state index in [1.165, 1.54) is 24.3 Å². The minimum atomic E-state index is -0.532. The zero-order valence-corrected chi connectivity index (χ0v) is 14.6. The lowest BCUT2D eigenvalue weighted by atomic mass is 10.0. The number of ketones is 1. The van der Waals surface area contributed by atoms with Crippen LogP contribution in [-0.2, 0) is 16.0 Å². The normalized spacial score (nSPS) is 12.4. The Morgan fingerprint density at radius 3 is 2.56 bits per heavy atom. The Morgan fingerprint density at radius 1 is 1.12 bits per heavy atom. The summed E-state index contributed by atoms with van der Waals surface area (Å²) in [6.07, 6.45) is 3.59. The molecule has 1 aromatic heterocycles. The van der Waals surface area contributed by atoms with Crippen LogP contribution >= 0.6 is 11.3 Å². The molecule has 2 aromatic carbocycles. The monoisotopic (exact) mass is 350 g/mol. The van der Waals surface area contributed by atoms with Crippen molar-refractivity contribution in [2.75, 3.05) is 0 Å². The van der Waals surface area contributed by atoms with Crippen LogP contribution in [-0.4, -0.2) is 22.7 Å². The zero-order valence-electron chi connectivity index (χ0n) is 13.8. The van der Waals surface area contributed by atoms with Crippen molar-refractivity contribution in [2.45, 2.75) is 19.4 Å². The molecule has 3 rings (SSSR count). The second-order valence-corrected chi connectivity index (χ2v) is 6.78. The third kappa shape index (κ3) is 4.61. The Bertz CT molecular complexity index is 883. The van der Waals surface area contributed by atoms with Gasteiger partial charge in [0.2, 0.25) is 5.91 Å². The lowest BCUT2D eigenvalue weighted by Crippen LogP contribution is -2.40. The fourth-order valence-electron chi connectivity index (χ4n) is 2.47. The first-order valence-electron chi connectivity index (χ1n) is 8.00. The number of aromatic nitrogens is 1. The summed E-state index contributed by atoms with van der Waals surface area (Å²) < 4.78 is 1.08. The minimum Gasteiger partial charge on any atom is -0.342 e. The van der Waals surface area contributed by atoms with Crippen molar-refractivity contribution < 1.29 is 9.59 Å². The number of nitrogens with one attached hydrogen (secondary N) is 1. The van der Waals surface area contributed by atoms with Crippen LogP contribution in [0.3, 0.4) is 0 Å². The van der Waals surface area contributed by atoms with E-state index in [0.29, 0.717) is 6.42 Å². The molecular weight excluding hydrogens is 332 g/mol. The van der Waals surface area contributed by atoms with Crippen LogP contribution in [0, 0.1) is 0 Å². The molecule has 1 amide bonds. The number of benzene rings is 2. The highest BCUT2D eigenvalue weighted by molar-refractivity contribution is 7.19. The molecule has 0 bridgehead atoms. The van der Waals surface area contributed by atoms with E-state index in [4.69, 9.17) is 0 Å². The maximum atomic E-state index is 12.2. The molecule has 0 aliphatic rings. The number of rotatable bonds is 6. The molecule has 0 radical (unpaired) electrons. The summed E-state index contributed by atoms with van der Waals surface area (Å²) in [6, 6.07) is 16.9. The van der Waals surface area contributed by atoms with Crippen molar-refractivity contribution in [1.82, 2.24) is 10.3 Å². The summed E-state index contributed by atoms with van der Waals surface area (Å²) in [5.41, 5.74) is 1.93. The van der Waals surface area contributed by atoms with Gasteiger partial charge in [-0.05, 0) is 37.1 Å². The van der Waals surface area contributed by atoms with Crippen LogP contribution in [0.1, 0.15) is 17.5 Å². The SMILES string of the molecule is CC(=O)C(Cc1ccccc1)NC(=O)C=Cc1nc2ccccc2s1. The van der Waals surface area contributed by atoms with E-state index in [2.05, 4.69) is 10.3 Å². The second-order valence-electron chi connectivity index (χ2n) is 5.71. The van der Waals surface area contributed by atoms with Crippen molar-refractivity contribution in [2.24, 2.45) is 0 Å². The quantitative estimate of drug-likeness (QED) is 0.691. The van der Waals surface area contributed by atoms with Gasteiger partial charge in [0.1, 0.15) is 5.01 Å². The number of fused-ring (bicyclic) bond motifs is 1. The molecule has 126 valence electrons. The van der Waals surface area contributed by atoms with Gasteiger partial charge in [0.25, 0.3) is 0 Å². The average molecular weight is 350 g/mol. The summed E-state index contributed by atoms with van der Waals surface area (Å²) in [5, 5.41) is 3.53. The highest BCUT2D eigenvalue weighted by Gasteiger charge is 2.16. The summed E-state index contributed by atoms with van der Waals surface area (Å²) >= 11 is 1.52. The lowest BCUT2D eigenvalue weighted by Gasteiger charge is -2.14. The van der Waals surface area contributed by atoms with E-state index in [1.54, 1.807) is 6.08 Å². The van der Waals surface area contributed by atoms with Crippen molar-refractivity contribution in [3.63, 3.8) is 0 Å². The smallest absolute Gasteiger partial charge is 0.244 e. The van der Waals surface area contributed by atoms with Crippen LogP contribution in [0.2, 0.25) is 0 Å². The first kappa shape index (κ1) is 17.0. The van der Waals surface area contributed by atoms with E-state index < -0.39 is 6.04 Å². The highest BCUT2D eigenvalue weighted by Crippen LogP contribution is 2.22. The molecule has 0 saturated heterocycles. The number of hydrogen-bond acceptors (Lipinski definition) is 4. The molecule has 0 fully saturated rings. The molecule has 0 saturated carbocycles. The number of thiazole rings is 1. The summed E-state index contributed by atoms with van der Waals surface area (Å²) in [5.74, 6) is -0.360. The summed E-state index contributed by atoms with van der Waals surface area (Å²) in [6.45, 7) is 1.49. The number of hydrogen-bond donors (Lipinski definition) is 1. The topological polar surface area (TPSA) is 59.1 Å². The molecule has 25 heavy (non-hydrogen) atoms. The van der Waals surface area contributed by atoms with Crippen molar-refractivity contribution in [1.29, 1.82) is 0 Å². The number of Topliss-reactive ketones (excluding diaryl/α,β-unsaturated/α-hetero) is 1. The van der Waals surface area contributed by atoms with Gasteiger partial charge in [0.15, 0.2) is 5.78 Å². The van der Waals surface area contributed by atoms with E-state index in [-0.39, 0.29) is 11.7 Å². The lowest BCUT2D eigenvalue weighted by molar-refractivity contribution is -0.124. The maximum Gasteiger partial charge on any atom is 0.244 e. The standard InChI is InChI=1S/C20H18N2O2S/c1-14(23)17(13-15-7-3-2-4-8-15)21-19(24)11-12-20-22-16-9-5-6-10-18(16)25-20/h2-12,17H,13H2,1H3,(H,21,24). The molecule has 1 heterocycles. The van der Waals surface area contributed by atoms with Gasteiger partial charge in [-0.25, -0.2) is 4.98 Å². The number of carbonyl (C=O) groups is 2. The Hall–Kier alpha value is -2.79. The minimum absolute atomic E-state index is 0.0643. The van der Waals surface area contributed by atoms with Crippen LogP contribution < -0.4 is 5.32 Å². The summed E-state index contributed by atoms with van der Waals surface area (Å²) in [4.78, 5) is 28.4. The van der Waals surface area contributed by atoms with Gasteiger partial charge in [-0.15, -0.1) is 11.3 Å². The molecule has 1 N–H and O–H groups in total. The van der Waals surface area contributed by atoms with Crippen LogP contribution in [0.5, 0.6) is 0 Å². The van der Waals surface area contributed by atoms with Crippen molar-refractivity contribution >= 4 is 39.3 Å². The van der Waals surface area contributed by atoms with E-state index in [9.17, 15) is 9.59 Å². The Kier molecular flexibility index (Phi) is 5.36. The van der Waals surface area contributed by atoms with Crippen molar-refractivity contribution in [3.8, 4) is 0 Å². The van der Waals surface area contributed by atoms with Gasteiger partial charge in [0.05, 0.1) is 16.3 Å². The van der Waals surface area contributed by atoms with Crippen molar-refractivity contribution in [3.05, 3.63) is 71.2 Å². The zero-order chi connectivity index (χ0) is 17.6. The molecule has 1 unspecified atom stereocenters. The van der Waals surface area contributed by atoms with Gasteiger partial charge in [-0.2, -0.15) is 0 Å². The van der Waals surface area contributed by atoms with Gasteiger partial charge in [0, 0.05) is 6.08 Å². The van der Waals surface area contributed by atoms with Crippen LogP contribution in [0.15, 0.2) is 60.7 Å². The Balaban J connectivity index is 1.65. The Labute approximate surface area is 150 Å². The van der Waals surface area contributed by atoms with Gasteiger partial charge < -0.3 is 5.32 Å². The summed E-state index contributed by atoms with van der Waals surface area (Å²) in [7, 11) is 0. The van der Waals surface area contributed by atoms with Gasteiger partial charge in [-0.1, -0.05) is 42.5 Å². The number of carbonyl (C=O) groups excluding carboxylic acids is 2. The third-order valence-corrected chi connectivity index (χ3v) is 4.78. The predicted molar refractivity (Wildman–Crippen MR) is 101 cm³/mol. The average Bonchev–Trinajstić information content (AvgIpc) is 3.03. The van der Waals surface area contributed by atoms with Crippen LogP contribution in [0.4, 0.5) is 0 Å². The molecule has 1 atom stereocenters. The fourth-order valence-corrected chi connectivity index (χ4v) is 3.34. The third-order valence-electron chi connectivity index (χ3n) is 3.78. The van der Waals surface area contributed by atoms with E-state index in [1.807, 2.05) is 54.6 Å². The predicted octanol–water partition coefficient (Wildman–Crippen LogP) is 3.63. The number of amides is 1. The molecular formula is C20H18N2O2S. The molecule has 0 aliphatic carbocycles. The van der Waals surface area contributed by atoms with Gasteiger partial charge >= 0.3 is 0 Å². The van der Waals surface area contributed by atoms with E-state index in [0.717, 1.165) is 20.8 Å². The van der Waals surface area contributed by atoms with Gasteiger partial charge in [-0.3, -0.25) is 9.59 Å². The molecule has 5 heteroatoms. The van der Waals surface area contributed by atoms with E-state index >= 15 is 0 Å².